The first-order chi connectivity index (χ1) is 32.4. The van der Waals surface area contributed by atoms with Gasteiger partial charge in [0.1, 0.15) is 23.0 Å². The highest BCUT2D eigenvalue weighted by molar-refractivity contribution is 6.24. The number of piperidine rings is 1. The summed E-state index contributed by atoms with van der Waals surface area (Å²) in [4.78, 5) is 77.6. The van der Waals surface area contributed by atoms with Gasteiger partial charge in [0.15, 0.2) is 0 Å². The van der Waals surface area contributed by atoms with E-state index in [4.69, 9.17) is 19.6 Å². The highest BCUT2D eigenvalue weighted by atomic mass is 16.5. The number of nitrogens with one attached hydrogen (secondary N) is 3. The number of carbonyl (C=O) groups is 5. The third kappa shape index (κ3) is 10.3. The van der Waals surface area contributed by atoms with Crippen LogP contribution in [-0.4, -0.2) is 130 Å². The van der Waals surface area contributed by atoms with Crippen LogP contribution in [-0.2, 0) is 20.9 Å². The lowest BCUT2D eigenvalue weighted by Crippen LogP contribution is -2.54. The topological polar surface area (TPSA) is 182 Å². The Morgan fingerprint density at radius 1 is 0.897 bits per heavy atom. The van der Waals surface area contributed by atoms with Crippen molar-refractivity contribution in [2.24, 2.45) is 5.10 Å². The molecule has 0 saturated carbocycles. The first kappa shape index (κ1) is 47.6. The standard InChI is InChI=1S/C52H61N9O7/c1-9-60-31-39(36-22-25-53-46-38(36)29-40(55-46)34-13-10-12-32(28-34)30-58(6)7)45(57-60)33-16-18-35(19-17-33)54-50(66)59(8)26-23-51(2,3)67-27-24-52(4,5)68-42-15-11-14-37-44(42)49(65)61(48(37)64)41-20-21-43(62)56-47(41)63/h10-19,22,25,28-29,39,41H,9,20-21,23-24,26-27,30-31H2,1-8H3,(H,53,55)(H,54,66)(H,56,62,63). The number of urea groups is 1. The first-order valence-electron chi connectivity index (χ1n) is 23.3. The van der Waals surface area contributed by atoms with Gasteiger partial charge in [0.25, 0.3) is 11.8 Å². The van der Waals surface area contributed by atoms with Gasteiger partial charge in [-0.25, -0.2) is 9.78 Å². The Morgan fingerprint density at radius 3 is 2.40 bits per heavy atom. The summed E-state index contributed by atoms with van der Waals surface area (Å²) < 4.78 is 12.7. The summed E-state index contributed by atoms with van der Waals surface area (Å²) in [5, 5.41) is 13.5. The zero-order valence-electron chi connectivity index (χ0n) is 40.1. The molecule has 2 aromatic heterocycles. The minimum absolute atomic E-state index is 0.0158. The van der Waals surface area contributed by atoms with Crippen LogP contribution < -0.4 is 15.4 Å². The van der Waals surface area contributed by atoms with Gasteiger partial charge >= 0.3 is 6.03 Å². The largest absolute Gasteiger partial charge is 0.487 e. The van der Waals surface area contributed by atoms with Gasteiger partial charge in [-0.15, -0.1) is 0 Å². The Hall–Kier alpha value is -6.91. The molecule has 3 aliphatic rings. The number of hydrogen-bond donors (Lipinski definition) is 3. The Labute approximate surface area is 397 Å². The maximum absolute atomic E-state index is 13.6. The second-order valence-corrected chi connectivity index (χ2v) is 19.4. The van der Waals surface area contributed by atoms with Crippen molar-refractivity contribution in [3.05, 3.63) is 113 Å². The van der Waals surface area contributed by atoms with Crippen LogP contribution in [0.1, 0.15) is 104 Å². The number of fused-ring (bicyclic) bond motifs is 2. The fourth-order valence-corrected chi connectivity index (χ4v) is 9.02. The van der Waals surface area contributed by atoms with Gasteiger partial charge in [-0.1, -0.05) is 36.4 Å². The number of nitrogens with zero attached hydrogens (tertiary/aromatic N) is 6. The van der Waals surface area contributed by atoms with Crippen LogP contribution in [0.4, 0.5) is 10.5 Å². The number of hydrazone groups is 1. The number of imide groups is 2. The fraction of sp³-hybridized carbons (Fsp3) is 0.404. The quantitative estimate of drug-likeness (QED) is 0.0795. The number of pyridine rings is 1. The van der Waals surface area contributed by atoms with Crippen LogP contribution in [0.2, 0.25) is 0 Å². The van der Waals surface area contributed by atoms with Gasteiger partial charge in [-0.3, -0.25) is 34.4 Å². The van der Waals surface area contributed by atoms with Crippen LogP contribution in [0.3, 0.4) is 0 Å². The number of amides is 6. The Kier molecular flexibility index (Phi) is 13.5. The molecule has 5 aromatic rings. The number of H-pyrrole nitrogens is 1. The van der Waals surface area contributed by atoms with E-state index in [-0.39, 0.29) is 41.7 Å². The highest BCUT2D eigenvalue weighted by Gasteiger charge is 2.46. The maximum atomic E-state index is 13.6. The molecule has 0 aliphatic carbocycles. The molecule has 6 amide bonds. The van der Waals surface area contributed by atoms with Gasteiger partial charge in [-0.05, 0) is 126 Å². The number of hydrogen-bond acceptors (Lipinski definition) is 11. The van der Waals surface area contributed by atoms with E-state index in [9.17, 15) is 24.0 Å². The van der Waals surface area contributed by atoms with Crippen LogP contribution >= 0.6 is 0 Å². The molecule has 0 radical (unpaired) electrons. The number of aromatic amines is 1. The lowest BCUT2D eigenvalue weighted by Gasteiger charge is -2.31. The maximum Gasteiger partial charge on any atom is 0.321 e. The van der Waals surface area contributed by atoms with E-state index >= 15 is 0 Å². The zero-order chi connectivity index (χ0) is 48.5. The minimum atomic E-state index is -1.07. The number of benzene rings is 3. The molecular weight excluding hydrogens is 863 g/mol. The SMILES string of the molecule is CCN1CC(c2ccnc3[nH]c(-c4cccc(CN(C)C)c4)cc23)C(c2ccc(NC(=O)N(C)CCC(C)(C)OCCC(C)(C)Oc3cccc4c3C(=O)N(C3CCC(=O)NC3=O)C4=O)cc2)=N1. The average Bonchev–Trinajstić information content (AvgIpc) is 4.00. The fourth-order valence-electron chi connectivity index (χ4n) is 9.02. The summed E-state index contributed by atoms with van der Waals surface area (Å²) in [5.41, 5.74) is 6.85. The third-order valence-corrected chi connectivity index (χ3v) is 12.9. The third-order valence-electron chi connectivity index (χ3n) is 12.9. The Bertz CT molecular complexity index is 2780. The summed E-state index contributed by atoms with van der Waals surface area (Å²) in [6.45, 7) is 12.9. The predicted octanol–water partition coefficient (Wildman–Crippen LogP) is 7.41. The zero-order valence-corrected chi connectivity index (χ0v) is 40.1. The van der Waals surface area contributed by atoms with Gasteiger partial charge in [0.2, 0.25) is 11.8 Å². The van der Waals surface area contributed by atoms with Crippen molar-refractivity contribution < 1.29 is 33.4 Å². The van der Waals surface area contributed by atoms with Gasteiger partial charge in [-0.2, -0.15) is 5.10 Å². The molecule has 1 fully saturated rings. The molecule has 2 atom stereocenters. The number of likely N-dealkylation sites (N-methyl/N-ethyl adjacent to an activating group) is 1. The van der Waals surface area contributed by atoms with Gasteiger partial charge in [0.05, 0.1) is 29.0 Å². The molecule has 3 N–H and O–H groups in total. The van der Waals surface area contributed by atoms with E-state index < -0.39 is 40.9 Å². The van der Waals surface area contributed by atoms with Crippen LogP contribution in [0, 0.1) is 0 Å². The number of anilines is 1. The summed E-state index contributed by atoms with van der Waals surface area (Å²) in [5.74, 6) is -2.07. The number of aromatic nitrogens is 2. The minimum Gasteiger partial charge on any atom is -0.487 e. The van der Waals surface area contributed by atoms with Gasteiger partial charge in [0, 0.05) is 75.0 Å². The lowest BCUT2D eigenvalue weighted by molar-refractivity contribution is -0.136. The molecule has 16 nitrogen and oxygen atoms in total. The van der Waals surface area contributed by atoms with Crippen molar-refractivity contribution in [2.75, 3.05) is 52.7 Å². The molecular formula is C52H61N9O7. The number of ether oxygens (including phenoxy) is 2. The molecule has 16 heteroatoms. The van der Waals surface area contributed by atoms with E-state index in [0.717, 1.165) is 63.7 Å². The molecule has 0 bridgehead atoms. The van der Waals surface area contributed by atoms with Crippen molar-refractivity contribution in [1.82, 2.24) is 35.0 Å². The summed E-state index contributed by atoms with van der Waals surface area (Å²) in [7, 11) is 5.89. The second-order valence-electron chi connectivity index (χ2n) is 19.4. The van der Waals surface area contributed by atoms with E-state index in [1.54, 1.807) is 24.1 Å². The smallest absolute Gasteiger partial charge is 0.321 e. The lowest BCUT2D eigenvalue weighted by atomic mass is 9.89. The number of carbonyl (C=O) groups excluding carboxylic acids is 5. The van der Waals surface area contributed by atoms with Gasteiger partial charge < -0.3 is 29.6 Å². The predicted molar refractivity (Wildman–Crippen MR) is 261 cm³/mol. The van der Waals surface area contributed by atoms with E-state index in [0.29, 0.717) is 31.7 Å². The molecule has 68 heavy (non-hydrogen) atoms. The van der Waals surface area contributed by atoms with Crippen molar-refractivity contribution in [3.8, 4) is 17.0 Å². The molecule has 0 spiro atoms. The van der Waals surface area contributed by atoms with E-state index in [1.807, 2.05) is 58.2 Å². The molecule has 8 rings (SSSR count). The normalized spacial score (nSPS) is 17.5. The van der Waals surface area contributed by atoms with Crippen LogP contribution in [0.25, 0.3) is 22.3 Å². The first-order valence-corrected chi connectivity index (χ1v) is 23.3. The summed E-state index contributed by atoms with van der Waals surface area (Å²) in [6, 6.07) is 24.2. The molecule has 5 heterocycles. The Balaban J connectivity index is 0.842. The summed E-state index contributed by atoms with van der Waals surface area (Å²) >= 11 is 0. The molecule has 356 valence electrons. The molecule has 2 unspecified atom stereocenters. The van der Waals surface area contributed by atoms with E-state index in [1.165, 1.54) is 11.6 Å². The highest BCUT2D eigenvalue weighted by Crippen LogP contribution is 2.37. The monoisotopic (exact) mass is 923 g/mol. The molecule has 1 saturated heterocycles. The summed E-state index contributed by atoms with van der Waals surface area (Å²) in [6.07, 6.45) is 2.97. The average molecular weight is 924 g/mol. The van der Waals surface area contributed by atoms with Crippen molar-refractivity contribution in [3.63, 3.8) is 0 Å². The number of rotatable bonds is 17. The van der Waals surface area contributed by atoms with E-state index in [2.05, 4.69) is 82.9 Å². The van der Waals surface area contributed by atoms with Crippen molar-refractivity contribution in [1.29, 1.82) is 0 Å². The van der Waals surface area contributed by atoms with Crippen LogP contribution in [0.15, 0.2) is 90.2 Å². The molecule has 3 aliphatic heterocycles. The Morgan fingerprint density at radius 2 is 1.66 bits per heavy atom. The van der Waals surface area contributed by atoms with Crippen molar-refractivity contribution >= 4 is 52.1 Å². The van der Waals surface area contributed by atoms with Crippen molar-refractivity contribution in [2.45, 2.75) is 90.0 Å². The van der Waals surface area contributed by atoms with Crippen LogP contribution in [0.5, 0.6) is 5.75 Å². The molecule has 3 aromatic carbocycles. The second kappa shape index (κ2) is 19.4.